The van der Waals surface area contributed by atoms with Crippen LogP contribution in [0.25, 0.3) is 16.7 Å². The van der Waals surface area contributed by atoms with E-state index in [2.05, 4.69) is 15.7 Å². The van der Waals surface area contributed by atoms with Gasteiger partial charge in [-0.25, -0.2) is 13.9 Å². The summed E-state index contributed by atoms with van der Waals surface area (Å²) in [7, 11) is 0. The molecule has 2 aromatic carbocycles. The Balaban J connectivity index is 1.82. The van der Waals surface area contributed by atoms with E-state index < -0.39 is 11.6 Å². The van der Waals surface area contributed by atoms with Gasteiger partial charge in [0, 0.05) is 28.9 Å². The van der Waals surface area contributed by atoms with Crippen LogP contribution in [-0.2, 0) is 17.9 Å². The molecule has 11 heteroatoms. The minimum Gasteiger partial charge on any atom is -0.350 e. The Morgan fingerprint density at radius 1 is 1.11 bits per heavy atom. The number of aryl methyl sites for hydroxylation is 1. The van der Waals surface area contributed by atoms with Gasteiger partial charge in [-0.2, -0.15) is 0 Å². The molecule has 188 valence electrons. The van der Waals surface area contributed by atoms with Crippen molar-refractivity contribution in [2.24, 2.45) is 0 Å². The number of fused-ring (bicyclic) bond motifs is 3. The summed E-state index contributed by atoms with van der Waals surface area (Å²) in [6, 6.07) is 11.2. The van der Waals surface area contributed by atoms with Crippen molar-refractivity contribution in [1.82, 2.24) is 24.1 Å². The van der Waals surface area contributed by atoms with Crippen molar-refractivity contribution in [2.75, 3.05) is 5.32 Å². The van der Waals surface area contributed by atoms with Gasteiger partial charge in [-0.1, -0.05) is 31.5 Å². The average molecular weight is 511 g/mol. The van der Waals surface area contributed by atoms with Gasteiger partial charge in [0.1, 0.15) is 6.54 Å². The zero-order valence-corrected chi connectivity index (χ0v) is 21.0. The molecule has 0 bridgehead atoms. The maximum Gasteiger partial charge on any atom is 0.352 e. The van der Waals surface area contributed by atoms with Crippen molar-refractivity contribution < 1.29 is 9.59 Å². The molecule has 0 saturated heterocycles. The topological polar surface area (TPSA) is 120 Å². The predicted molar refractivity (Wildman–Crippen MR) is 139 cm³/mol. The quantitative estimate of drug-likeness (QED) is 0.377. The zero-order chi connectivity index (χ0) is 26.0. The van der Waals surface area contributed by atoms with Crippen LogP contribution >= 0.6 is 11.6 Å². The average Bonchev–Trinajstić information content (AvgIpc) is 3.16. The highest BCUT2D eigenvalue weighted by molar-refractivity contribution is 6.30. The molecule has 36 heavy (non-hydrogen) atoms. The predicted octanol–water partition coefficient (Wildman–Crippen LogP) is 3.04. The van der Waals surface area contributed by atoms with E-state index in [9.17, 15) is 19.2 Å². The second kappa shape index (κ2) is 10.4. The lowest BCUT2D eigenvalue weighted by atomic mass is 10.1. The molecule has 4 rings (SSSR count). The molecular formula is C25H27ClN6O4. The molecule has 0 spiro atoms. The molecule has 1 atom stereocenters. The zero-order valence-electron chi connectivity index (χ0n) is 20.2. The third kappa shape index (κ3) is 4.90. The van der Waals surface area contributed by atoms with Gasteiger partial charge in [-0.05, 0) is 56.2 Å². The number of amides is 2. The van der Waals surface area contributed by atoms with Crippen molar-refractivity contribution in [3.8, 4) is 0 Å². The number of carbonyl (C=O) groups excluding carboxylic acids is 2. The van der Waals surface area contributed by atoms with Crippen LogP contribution in [0.15, 0.2) is 52.1 Å². The number of aromatic nitrogens is 4. The monoisotopic (exact) mass is 510 g/mol. The summed E-state index contributed by atoms with van der Waals surface area (Å²) in [5.74, 6) is -0.682. The molecule has 2 N–H and O–H groups in total. The Labute approximate surface area is 211 Å². The first-order valence-corrected chi connectivity index (χ1v) is 12.1. The normalized spacial score (nSPS) is 12.1. The summed E-state index contributed by atoms with van der Waals surface area (Å²) in [6.45, 7) is 5.72. The van der Waals surface area contributed by atoms with Crippen LogP contribution in [0.5, 0.6) is 0 Å². The first kappa shape index (κ1) is 25.2. The Bertz CT molecular complexity index is 1590. The molecule has 4 aromatic rings. The number of nitrogens with one attached hydrogen (secondary N) is 2. The first-order valence-electron chi connectivity index (χ1n) is 11.8. The summed E-state index contributed by atoms with van der Waals surface area (Å²) < 4.78 is 3.69. The van der Waals surface area contributed by atoms with Crippen molar-refractivity contribution in [3.05, 3.63) is 73.9 Å². The molecular weight excluding hydrogens is 484 g/mol. The second-order valence-corrected chi connectivity index (χ2v) is 9.04. The van der Waals surface area contributed by atoms with E-state index in [0.29, 0.717) is 29.2 Å². The standard InChI is InChI=1S/C25H27ClN6O4/c1-4-11-30-23(35)19-10-9-16(22(34)27-15(3)5-2)12-20(19)32-24(30)29-31(25(32)36)14-21(33)28-18-8-6-7-17(26)13-18/h6-10,12-13,15H,4-5,11,14H2,1-3H3,(H,27,34)(H,28,33). The minimum atomic E-state index is -0.597. The summed E-state index contributed by atoms with van der Waals surface area (Å²) in [5.41, 5.74) is 0.129. The molecule has 0 aliphatic carbocycles. The lowest BCUT2D eigenvalue weighted by Crippen LogP contribution is -2.32. The fourth-order valence-corrected chi connectivity index (χ4v) is 4.09. The molecule has 0 saturated carbocycles. The summed E-state index contributed by atoms with van der Waals surface area (Å²) in [5, 5.41) is 10.6. The van der Waals surface area contributed by atoms with Gasteiger partial charge >= 0.3 is 5.69 Å². The SMILES string of the molecule is CCCn1c(=O)c2ccc(C(=O)NC(C)CC)cc2n2c(=O)n(CC(=O)Nc3cccc(Cl)c3)nc12. The van der Waals surface area contributed by atoms with E-state index >= 15 is 0 Å². The number of hydrogen-bond donors (Lipinski definition) is 2. The van der Waals surface area contributed by atoms with Gasteiger partial charge in [0.05, 0.1) is 10.9 Å². The molecule has 0 aliphatic rings. The van der Waals surface area contributed by atoms with Gasteiger partial charge in [-0.15, -0.1) is 5.10 Å². The first-order chi connectivity index (χ1) is 17.2. The fourth-order valence-electron chi connectivity index (χ4n) is 3.90. The fraction of sp³-hybridized carbons (Fsp3) is 0.320. The second-order valence-electron chi connectivity index (χ2n) is 8.61. The van der Waals surface area contributed by atoms with Crippen LogP contribution in [0.3, 0.4) is 0 Å². The molecule has 2 heterocycles. The molecule has 2 aromatic heterocycles. The number of carbonyl (C=O) groups is 2. The maximum absolute atomic E-state index is 13.4. The van der Waals surface area contributed by atoms with E-state index in [1.807, 2.05) is 20.8 Å². The Hall–Kier alpha value is -3.92. The highest BCUT2D eigenvalue weighted by Gasteiger charge is 2.20. The van der Waals surface area contributed by atoms with Crippen LogP contribution < -0.4 is 21.9 Å². The highest BCUT2D eigenvalue weighted by Crippen LogP contribution is 2.16. The number of halogens is 1. The van der Waals surface area contributed by atoms with E-state index in [4.69, 9.17) is 11.6 Å². The van der Waals surface area contributed by atoms with Crippen molar-refractivity contribution in [2.45, 2.75) is 52.7 Å². The van der Waals surface area contributed by atoms with E-state index in [1.54, 1.807) is 36.4 Å². The van der Waals surface area contributed by atoms with E-state index in [1.165, 1.54) is 15.0 Å². The van der Waals surface area contributed by atoms with Crippen molar-refractivity contribution in [1.29, 1.82) is 0 Å². The molecule has 10 nitrogen and oxygen atoms in total. The Morgan fingerprint density at radius 3 is 2.58 bits per heavy atom. The lowest BCUT2D eigenvalue weighted by Gasteiger charge is -2.13. The number of rotatable bonds is 8. The highest BCUT2D eigenvalue weighted by atomic mass is 35.5. The number of nitrogens with zero attached hydrogens (tertiary/aromatic N) is 4. The Kier molecular flexibility index (Phi) is 7.25. The van der Waals surface area contributed by atoms with Crippen LogP contribution in [-0.4, -0.2) is 36.6 Å². The smallest absolute Gasteiger partial charge is 0.350 e. The van der Waals surface area contributed by atoms with Gasteiger partial charge in [0.15, 0.2) is 0 Å². The van der Waals surface area contributed by atoms with Crippen LogP contribution in [0.2, 0.25) is 5.02 Å². The van der Waals surface area contributed by atoms with E-state index in [-0.39, 0.29) is 40.7 Å². The van der Waals surface area contributed by atoms with Crippen LogP contribution in [0.1, 0.15) is 44.0 Å². The van der Waals surface area contributed by atoms with Gasteiger partial charge in [0.25, 0.3) is 11.5 Å². The van der Waals surface area contributed by atoms with Crippen LogP contribution in [0.4, 0.5) is 5.69 Å². The Morgan fingerprint density at radius 2 is 1.89 bits per heavy atom. The minimum absolute atomic E-state index is 0.0331. The summed E-state index contributed by atoms with van der Waals surface area (Å²) >= 11 is 5.97. The van der Waals surface area contributed by atoms with Gasteiger partial charge in [-0.3, -0.25) is 19.0 Å². The van der Waals surface area contributed by atoms with Crippen molar-refractivity contribution in [3.63, 3.8) is 0 Å². The summed E-state index contributed by atoms with van der Waals surface area (Å²) in [4.78, 5) is 52.0. The molecule has 2 amide bonds. The molecule has 1 unspecified atom stereocenters. The van der Waals surface area contributed by atoms with Crippen LogP contribution in [0, 0.1) is 0 Å². The molecule has 0 radical (unpaired) electrons. The van der Waals surface area contributed by atoms with E-state index in [0.717, 1.165) is 11.1 Å². The third-order valence-corrected chi connectivity index (χ3v) is 6.11. The molecule has 0 fully saturated rings. The van der Waals surface area contributed by atoms with Gasteiger partial charge in [0.2, 0.25) is 11.7 Å². The number of benzene rings is 2. The number of anilines is 1. The van der Waals surface area contributed by atoms with Gasteiger partial charge < -0.3 is 10.6 Å². The number of hydrogen-bond acceptors (Lipinski definition) is 5. The third-order valence-electron chi connectivity index (χ3n) is 5.88. The largest absolute Gasteiger partial charge is 0.352 e. The lowest BCUT2D eigenvalue weighted by molar-refractivity contribution is -0.117. The summed E-state index contributed by atoms with van der Waals surface area (Å²) in [6.07, 6.45) is 1.39. The molecule has 0 aliphatic heterocycles. The maximum atomic E-state index is 13.4. The van der Waals surface area contributed by atoms with Crippen molar-refractivity contribution >= 4 is 45.8 Å².